The third kappa shape index (κ3) is 5.86. The molecular formula is C19H26Cl2N4O2. The van der Waals surface area contributed by atoms with Gasteiger partial charge in [-0.25, -0.2) is 0 Å². The number of rotatable bonds is 7. The summed E-state index contributed by atoms with van der Waals surface area (Å²) in [6.45, 7) is 4.28. The van der Waals surface area contributed by atoms with Gasteiger partial charge in [0.15, 0.2) is 5.60 Å². The molecule has 3 rings (SSSR count). The standard InChI is InChI=1S/C19H25ClN4O2.ClH/c1-15(7-14-24-13-2-10-22-24)23-18(25)19(8-11-21-12-9-19)26-17-5-3-16(20)4-6-17;/h2-6,10,13,15,21H,7-9,11-12,14H2,1H3,(H,23,25);1H. The average Bonchev–Trinajstić information content (AvgIpc) is 3.16. The van der Waals surface area contributed by atoms with E-state index in [9.17, 15) is 4.79 Å². The van der Waals surface area contributed by atoms with Crippen molar-refractivity contribution in [1.29, 1.82) is 0 Å². The van der Waals surface area contributed by atoms with Gasteiger partial charge in [0.1, 0.15) is 5.75 Å². The minimum Gasteiger partial charge on any atom is -0.477 e. The maximum atomic E-state index is 13.1. The monoisotopic (exact) mass is 412 g/mol. The highest BCUT2D eigenvalue weighted by Gasteiger charge is 2.42. The molecule has 0 bridgehead atoms. The van der Waals surface area contributed by atoms with Crippen molar-refractivity contribution in [3.8, 4) is 5.75 Å². The molecule has 0 spiro atoms. The number of nitrogens with zero attached hydrogens (tertiary/aromatic N) is 2. The van der Waals surface area contributed by atoms with Gasteiger partial charge in [0, 0.05) is 42.8 Å². The van der Waals surface area contributed by atoms with Gasteiger partial charge < -0.3 is 15.4 Å². The number of nitrogens with one attached hydrogen (secondary N) is 2. The van der Waals surface area contributed by atoms with Gasteiger partial charge >= 0.3 is 0 Å². The van der Waals surface area contributed by atoms with Crippen LogP contribution in [0.25, 0.3) is 0 Å². The van der Waals surface area contributed by atoms with E-state index < -0.39 is 5.60 Å². The van der Waals surface area contributed by atoms with Gasteiger partial charge in [0.25, 0.3) is 5.91 Å². The number of ether oxygens (including phenoxy) is 1. The summed E-state index contributed by atoms with van der Waals surface area (Å²) in [5.74, 6) is 0.609. The molecule has 8 heteroatoms. The summed E-state index contributed by atoms with van der Waals surface area (Å²) in [5, 5.41) is 11.3. The van der Waals surface area contributed by atoms with Gasteiger partial charge in [-0.3, -0.25) is 9.48 Å². The number of hydrogen-bond acceptors (Lipinski definition) is 4. The highest BCUT2D eigenvalue weighted by Crippen LogP contribution is 2.28. The molecule has 0 saturated carbocycles. The number of hydrogen-bond donors (Lipinski definition) is 2. The van der Waals surface area contributed by atoms with Crippen molar-refractivity contribution in [2.75, 3.05) is 13.1 Å². The Labute approximate surface area is 171 Å². The van der Waals surface area contributed by atoms with Crippen LogP contribution in [0.1, 0.15) is 26.2 Å². The lowest BCUT2D eigenvalue weighted by Gasteiger charge is -2.37. The Morgan fingerprint density at radius 2 is 2.07 bits per heavy atom. The topological polar surface area (TPSA) is 68.2 Å². The molecule has 1 fully saturated rings. The van der Waals surface area contributed by atoms with Crippen molar-refractivity contribution in [2.45, 2.75) is 44.4 Å². The highest BCUT2D eigenvalue weighted by molar-refractivity contribution is 6.30. The van der Waals surface area contributed by atoms with Crippen LogP contribution in [0.5, 0.6) is 5.75 Å². The number of benzene rings is 1. The Bertz CT molecular complexity index is 701. The molecule has 1 unspecified atom stereocenters. The van der Waals surface area contributed by atoms with Gasteiger partial charge in [-0.15, -0.1) is 12.4 Å². The van der Waals surface area contributed by atoms with Crippen LogP contribution in [0.4, 0.5) is 0 Å². The summed E-state index contributed by atoms with van der Waals surface area (Å²) in [7, 11) is 0. The van der Waals surface area contributed by atoms with Crippen molar-refractivity contribution >= 4 is 29.9 Å². The lowest BCUT2D eigenvalue weighted by Crippen LogP contribution is -2.58. The molecule has 1 aliphatic heterocycles. The minimum atomic E-state index is -0.848. The lowest BCUT2D eigenvalue weighted by molar-refractivity contribution is -0.140. The average molecular weight is 413 g/mol. The Morgan fingerprint density at radius 3 is 2.70 bits per heavy atom. The first-order valence-electron chi connectivity index (χ1n) is 9.01. The SMILES string of the molecule is CC(CCn1cccn1)NC(=O)C1(Oc2ccc(Cl)cc2)CCNCC1.Cl. The second-order valence-corrected chi connectivity index (χ2v) is 7.17. The number of carbonyl (C=O) groups is 1. The van der Waals surface area contributed by atoms with E-state index >= 15 is 0 Å². The van der Waals surface area contributed by atoms with Gasteiger partial charge in [0.2, 0.25) is 0 Å². The summed E-state index contributed by atoms with van der Waals surface area (Å²) in [5.41, 5.74) is -0.848. The van der Waals surface area contributed by atoms with E-state index in [2.05, 4.69) is 15.7 Å². The van der Waals surface area contributed by atoms with E-state index in [-0.39, 0.29) is 24.4 Å². The molecule has 148 valence electrons. The number of carbonyl (C=O) groups excluding carboxylic acids is 1. The third-order valence-corrected chi connectivity index (χ3v) is 4.93. The van der Waals surface area contributed by atoms with E-state index in [1.807, 2.05) is 23.9 Å². The second-order valence-electron chi connectivity index (χ2n) is 6.73. The van der Waals surface area contributed by atoms with E-state index in [0.717, 1.165) is 26.1 Å². The van der Waals surface area contributed by atoms with Crippen molar-refractivity contribution in [3.63, 3.8) is 0 Å². The summed E-state index contributed by atoms with van der Waals surface area (Å²) < 4.78 is 8.05. The zero-order valence-corrected chi connectivity index (χ0v) is 16.9. The molecule has 1 atom stereocenters. The van der Waals surface area contributed by atoms with Crippen LogP contribution >= 0.6 is 24.0 Å². The van der Waals surface area contributed by atoms with Crippen molar-refractivity contribution in [3.05, 3.63) is 47.7 Å². The van der Waals surface area contributed by atoms with Crippen LogP contribution in [0.2, 0.25) is 5.02 Å². The third-order valence-electron chi connectivity index (χ3n) is 4.68. The lowest BCUT2D eigenvalue weighted by atomic mass is 9.90. The van der Waals surface area contributed by atoms with Crippen LogP contribution in [-0.2, 0) is 11.3 Å². The fourth-order valence-electron chi connectivity index (χ4n) is 3.12. The fraction of sp³-hybridized carbons (Fsp3) is 0.474. The molecule has 2 N–H and O–H groups in total. The van der Waals surface area contributed by atoms with E-state index in [4.69, 9.17) is 16.3 Å². The van der Waals surface area contributed by atoms with Crippen LogP contribution in [0.15, 0.2) is 42.7 Å². The van der Waals surface area contributed by atoms with E-state index in [1.165, 1.54) is 0 Å². The maximum absolute atomic E-state index is 13.1. The molecule has 1 aromatic heterocycles. The first-order chi connectivity index (χ1) is 12.6. The van der Waals surface area contributed by atoms with Gasteiger partial charge in [-0.2, -0.15) is 5.10 Å². The van der Waals surface area contributed by atoms with Gasteiger partial charge in [-0.1, -0.05) is 11.6 Å². The van der Waals surface area contributed by atoms with Gasteiger partial charge in [0.05, 0.1) is 0 Å². The summed E-state index contributed by atoms with van der Waals surface area (Å²) in [4.78, 5) is 13.1. The molecule has 1 amide bonds. The molecule has 1 aromatic carbocycles. The van der Waals surface area contributed by atoms with Crippen molar-refractivity contribution in [2.24, 2.45) is 0 Å². The van der Waals surface area contributed by atoms with Crippen LogP contribution in [-0.4, -0.2) is 40.4 Å². The molecule has 0 radical (unpaired) electrons. The zero-order valence-electron chi connectivity index (χ0n) is 15.4. The molecule has 2 aromatic rings. The van der Waals surface area contributed by atoms with E-state index in [0.29, 0.717) is 23.6 Å². The van der Waals surface area contributed by atoms with Crippen molar-refractivity contribution in [1.82, 2.24) is 20.4 Å². The summed E-state index contributed by atoms with van der Waals surface area (Å²) in [6.07, 6.45) is 5.75. The molecule has 0 aliphatic carbocycles. The Morgan fingerprint density at radius 1 is 1.37 bits per heavy atom. The Balaban J connectivity index is 0.00000261. The van der Waals surface area contributed by atoms with Crippen LogP contribution in [0.3, 0.4) is 0 Å². The first-order valence-corrected chi connectivity index (χ1v) is 9.39. The predicted octanol–water partition coefficient (Wildman–Crippen LogP) is 3.05. The highest BCUT2D eigenvalue weighted by atomic mass is 35.5. The number of piperidine rings is 1. The first kappa shape index (κ1) is 21.5. The largest absolute Gasteiger partial charge is 0.477 e. The van der Waals surface area contributed by atoms with E-state index in [1.54, 1.807) is 30.5 Å². The molecular weight excluding hydrogens is 387 g/mol. The Hall–Kier alpha value is -1.76. The number of amides is 1. The summed E-state index contributed by atoms with van der Waals surface area (Å²) >= 11 is 5.95. The predicted molar refractivity (Wildman–Crippen MR) is 109 cm³/mol. The molecule has 6 nitrogen and oxygen atoms in total. The second kappa shape index (κ2) is 9.97. The fourth-order valence-corrected chi connectivity index (χ4v) is 3.25. The van der Waals surface area contributed by atoms with Crippen LogP contribution in [0, 0.1) is 0 Å². The molecule has 1 saturated heterocycles. The van der Waals surface area contributed by atoms with Gasteiger partial charge in [-0.05, 0) is 56.8 Å². The molecule has 1 aliphatic rings. The summed E-state index contributed by atoms with van der Waals surface area (Å²) in [6, 6.07) is 9.09. The van der Waals surface area contributed by atoms with Crippen molar-refractivity contribution < 1.29 is 9.53 Å². The normalized spacial score (nSPS) is 16.8. The van der Waals surface area contributed by atoms with Crippen LogP contribution < -0.4 is 15.4 Å². The smallest absolute Gasteiger partial charge is 0.264 e. The Kier molecular flexibility index (Phi) is 7.95. The molecule has 2 heterocycles. The number of halogens is 2. The maximum Gasteiger partial charge on any atom is 0.264 e. The minimum absolute atomic E-state index is 0. The zero-order chi connectivity index (χ0) is 18.4. The quantitative estimate of drug-likeness (QED) is 0.732. The molecule has 27 heavy (non-hydrogen) atoms. The number of aryl methyl sites for hydroxylation is 1. The number of aromatic nitrogens is 2.